The van der Waals surface area contributed by atoms with E-state index >= 15 is 0 Å². The second-order valence-electron chi connectivity index (χ2n) is 6.27. The number of nitrogens with zero attached hydrogens (tertiary/aromatic N) is 2. The summed E-state index contributed by atoms with van der Waals surface area (Å²) in [6.45, 7) is 0.971. The van der Waals surface area contributed by atoms with Crippen LogP contribution in [0.15, 0.2) is 24.3 Å². The molecule has 1 aliphatic heterocycles. The maximum Gasteiger partial charge on any atom is 0.317 e. The lowest BCUT2D eigenvalue weighted by atomic mass is 9.97. The van der Waals surface area contributed by atoms with Crippen molar-refractivity contribution in [1.29, 1.82) is 0 Å². The highest BCUT2D eigenvalue weighted by molar-refractivity contribution is 5.95. The van der Waals surface area contributed by atoms with Gasteiger partial charge in [0.05, 0.1) is 10.8 Å². The molecule has 0 aromatic heterocycles. The van der Waals surface area contributed by atoms with Crippen molar-refractivity contribution in [3.8, 4) is 0 Å². The van der Waals surface area contributed by atoms with E-state index in [0.717, 1.165) is 19.3 Å². The van der Waals surface area contributed by atoms with Crippen LogP contribution in [0.2, 0.25) is 0 Å². The number of carbonyl (C=O) groups excluding carboxylic acids is 2. The highest BCUT2D eigenvalue weighted by Gasteiger charge is 2.32. The van der Waals surface area contributed by atoms with E-state index in [1.165, 1.54) is 12.1 Å². The lowest BCUT2D eigenvalue weighted by Gasteiger charge is -2.32. The quantitative estimate of drug-likeness (QED) is 0.651. The number of carbonyl (C=O) groups is 2. The van der Waals surface area contributed by atoms with E-state index in [-0.39, 0.29) is 35.3 Å². The minimum atomic E-state index is -0.522. The van der Waals surface area contributed by atoms with E-state index in [4.69, 9.17) is 0 Å². The SMILES string of the molecule is O=C(Nc1ccccc1[N+](=O)[O-])C1CCCN(C(=O)NC2CC2)C1. The third-order valence-electron chi connectivity index (χ3n) is 4.34. The first kappa shape index (κ1) is 16.2. The Hall–Kier alpha value is -2.64. The molecule has 2 aliphatic rings. The molecule has 1 saturated carbocycles. The number of hydrogen-bond donors (Lipinski definition) is 2. The van der Waals surface area contributed by atoms with Crippen LogP contribution in [0.1, 0.15) is 25.7 Å². The van der Waals surface area contributed by atoms with Crippen molar-refractivity contribution in [2.75, 3.05) is 18.4 Å². The molecule has 0 spiro atoms. The predicted octanol–water partition coefficient (Wildman–Crippen LogP) is 2.12. The number of para-hydroxylation sites is 2. The molecule has 8 nitrogen and oxygen atoms in total. The van der Waals surface area contributed by atoms with E-state index in [1.807, 2.05) is 0 Å². The normalized spacial score (nSPS) is 20.3. The van der Waals surface area contributed by atoms with Crippen LogP contribution >= 0.6 is 0 Å². The Morgan fingerprint density at radius 1 is 1.21 bits per heavy atom. The Labute approximate surface area is 139 Å². The van der Waals surface area contributed by atoms with Gasteiger partial charge in [-0.25, -0.2) is 4.79 Å². The first-order valence-electron chi connectivity index (χ1n) is 8.14. The molecule has 1 unspecified atom stereocenters. The van der Waals surface area contributed by atoms with Crippen LogP contribution in [-0.2, 0) is 4.79 Å². The third kappa shape index (κ3) is 3.81. The van der Waals surface area contributed by atoms with Gasteiger partial charge in [-0.1, -0.05) is 12.1 Å². The van der Waals surface area contributed by atoms with E-state index in [2.05, 4.69) is 10.6 Å². The average molecular weight is 332 g/mol. The largest absolute Gasteiger partial charge is 0.335 e. The van der Waals surface area contributed by atoms with Crippen LogP contribution in [0.5, 0.6) is 0 Å². The van der Waals surface area contributed by atoms with Gasteiger partial charge in [-0.2, -0.15) is 0 Å². The van der Waals surface area contributed by atoms with Gasteiger partial charge in [-0.05, 0) is 31.7 Å². The van der Waals surface area contributed by atoms with Crippen LogP contribution in [-0.4, -0.2) is 40.9 Å². The van der Waals surface area contributed by atoms with Gasteiger partial charge in [0.25, 0.3) is 5.69 Å². The summed E-state index contributed by atoms with van der Waals surface area (Å²) in [4.78, 5) is 36.7. The third-order valence-corrected chi connectivity index (χ3v) is 4.34. The van der Waals surface area contributed by atoms with Crippen molar-refractivity contribution in [1.82, 2.24) is 10.2 Å². The number of likely N-dealkylation sites (tertiary alicyclic amines) is 1. The zero-order chi connectivity index (χ0) is 17.1. The summed E-state index contributed by atoms with van der Waals surface area (Å²) >= 11 is 0. The van der Waals surface area contributed by atoms with E-state index in [9.17, 15) is 19.7 Å². The van der Waals surface area contributed by atoms with Crippen LogP contribution in [0.3, 0.4) is 0 Å². The average Bonchev–Trinajstić information content (AvgIpc) is 3.39. The fourth-order valence-electron chi connectivity index (χ4n) is 2.84. The first-order chi connectivity index (χ1) is 11.5. The summed E-state index contributed by atoms with van der Waals surface area (Å²) in [5, 5.41) is 16.6. The van der Waals surface area contributed by atoms with E-state index < -0.39 is 4.92 Å². The smallest absolute Gasteiger partial charge is 0.317 e. The summed E-state index contributed by atoms with van der Waals surface area (Å²) in [6.07, 6.45) is 3.44. The number of nitrogens with one attached hydrogen (secondary N) is 2. The fourth-order valence-corrected chi connectivity index (χ4v) is 2.84. The van der Waals surface area contributed by atoms with Crippen molar-refractivity contribution in [3.05, 3.63) is 34.4 Å². The van der Waals surface area contributed by atoms with E-state index in [0.29, 0.717) is 19.5 Å². The topological polar surface area (TPSA) is 105 Å². The molecule has 3 rings (SSSR count). The minimum absolute atomic E-state index is 0.124. The van der Waals surface area contributed by atoms with Gasteiger partial charge in [-0.3, -0.25) is 14.9 Å². The van der Waals surface area contributed by atoms with Gasteiger partial charge in [0.1, 0.15) is 5.69 Å². The van der Waals surface area contributed by atoms with Crippen LogP contribution < -0.4 is 10.6 Å². The summed E-state index contributed by atoms with van der Waals surface area (Å²) in [5.74, 6) is -0.642. The Balaban J connectivity index is 1.62. The highest BCUT2D eigenvalue weighted by Crippen LogP contribution is 2.26. The maximum absolute atomic E-state index is 12.5. The number of nitro benzene ring substituents is 1. The Morgan fingerprint density at radius 3 is 2.67 bits per heavy atom. The summed E-state index contributed by atoms with van der Waals surface area (Å²) < 4.78 is 0. The molecule has 2 N–H and O–H groups in total. The van der Waals surface area contributed by atoms with Crippen LogP contribution in [0, 0.1) is 16.0 Å². The fraction of sp³-hybridized carbons (Fsp3) is 0.500. The molecule has 24 heavy (non-hydrogen) atoms. The van der Waals surface area contributed by atoms with Crippen molar-refractivity contribution < 1.29 is 14.5 Å². The standard InChI is InChI=1S/C16H20N4O4/c21-15(18-13-5-1-2-6-14(13)20(23)24)11-4-3-9-19(10-11)16(22)17-12-7-8-12/h1-2,5-6,11-12H,3-4,7-10H2,(H,17,22)(H,18,21). The van der Waals surface area contributed by atoms with Crippen LogP contribution in [0.4, 0.5) is 16.2 Å². The monoisotopic (exact) mass is 332 g/mol. The Kier molecular flexibility index (Phi) is 4.64. The molecule has 1 heterocycles. The number of amides is 3. The number of urea groups is 1. The van der Waals surface area contributed by atoms with Gasteiger partial charge in [0, 0.05) is 25.2 Å². The zero-order valence-corrected chi connectivity index (χ0v) is 13.2. The van der Waals surface area contributed by atoms with Gasteiger partial charge in [0.2, 0.25) is 5.91 Å². The number of hydrogen-bond acceptors (Lipinski definition) is 4. The van der Waals surface area contributed by atoms with E-state index in [1.54, 1.807) is 17.0 Å². The van der Waals surface area contributed by atoms with Crippen LogP contribution in [0.25, 0.3) is 0 Å². The second-order valence-corrected chi connectivity index (χ2v) is 6.27. The number of benzene rings is 1. The molecule has 8 heteroatoms. The molecule has 1 aliphatic carbocycles. The van der Waals surface area contributed by atoms with Gasteiger partial charge in [-0.15, -0.1) is 0 Å². The molecular formula is C16H20N4O4. The maximum atomic E-state index is 12.5. The van der Waals surface area contributed by atoms with Crippen molar-refractivity contribution in [2.24, 2.45) is 5.92 Å². The van der Waals surface area contributed by atoms with Crippen molar-refractivity contribution >= 4 is 23.3 Å². The molecule has 3 amide bonds. The molecule has 0 radical (unpaired) electrons. The van der Waals surface area contributed by atoms with Gasteiger partial charge in [0.15, 0.2) is 0 Å². The number of piperidine rings is 1. The molecular weight excluding hydrogens is 312 g/mol. The molecule has 1 atom stereocenters. The molecule has 1 saturated heterocycles. The number of rotatable bonds is 4. The molecule has 128 valence electrons. The predicted molar refractivity (Wildman–Crippen MR) is 87.6 cm³/mol. The van der Waals surface area contributed by atoms with Gasteiger partial charge < -0.3 is 15.5 Å². The van der Waals surface area contributed by atoms with Crippen molar-refractivity contribution in [2.45, 2.75) is 31.7 Å². The summed E-state index contributed by atoms with van der Waals surface area (Å²) in [6, 6.07) is 6.21. The van der Waals surface area contributed by atoms with Gasteiger partial charge >= 0.3 is 6.03 Å². The Morgan fingerprint density at radius 2 is 1.96 bits per heavy atom. The van der Waals surface area contributed by atoms with Crippen molar-refractivity contribution in [3.63, 3.8) is 0 Å². The first-order valence-corrected chi connectivity index (χ1v) is 8.14. The highest BCUT2D eigenvalue weighted by atomic mass is 16.6. The second kappa shape index (κ2) is 6.86. The molecule has 0 bridgehead atoms. The minimum Gasteiger partial charge on any atom is -0.335 e. The lowest BCUT2D eigenvalue weighted by Crippen LogP contribution is -2.48. The number of nitro groups is 1. The zero-order valence-electron chi connectivity index (χ0n) is 13.2. The Bertz CT molecular complexity index is 659. The lowest BCUT2D eigenvalue weighted by molar-refractivity contribution is -0.383. The summed E-state index contributed by atoms with van der Waals surface area (Å²) in [7, 11) is 0. The molecule has 1 aromatic carbocycles. The molecule has 1 aromatic rings. The number of anilines is 1. The molecule has 2 fully saturated rings. The summed E-state index contributed by atoms with van der Waals surface area (Å²) in [5.41, 5.74) is 0.0528.